The molecule has 1 aromatic heterocycles. The smallest absolute Gasteiger partial charge is 0.199 e. The van der Waals surface area contributed by atoms with Crippen molar-refractivity contribution in [2.45, 2.75) is 18.8 Å². The number of aromatic amines is 1. The molecule has 17 heavy (non-hydrogen) atoms. The molecule has 2 aromatic rings. The van der Waals surface area contributed by atoms with E-state index in [2.05, 4.69) is 26.1 Å². The van der Waals surface area contributed by atoms with Crippen molar-refractivity contribution in [2.24, 2.45) is 0 Å². The number of aromatic nitrogens is 3. The fourth-order valence-electron chi connectivity index (χ4n) is 1.80. The summed E-state index contributed by atoms with van der Waals surface area (Å²) >= 11 is 8.33. The van der Waals surface area contributed by atoms with Crippen LogP contribution in [0.5, 0.6) is 0 Å². The molecule has 0 spiro atoms. The minimum Gasteiger partial charge on any atom is -0.272 e. The van der Waals surface area contributed by atoms with Crippen LogP contribution in [0, 0.1) is 10.6 Å². The lowest BCUT2D eigenvalue weighted by molar-refractivity contribution is 0.619. The van der Waals surface area contributed by atoms with Crippen LogP contribution in [0.2, 0.25) is 0 Å². The molecule has 1 aromatic carbocycles. The Morgan fingerprint density at radius 1 is 1.47 bits per heavy atom. The number of halogens is 2. The zero-order valence-corrected chi connectivity index (χ0v) is 11.2. The lowest BCUT2D eigenvalue weighted by atomic mass is 10.3. The summed E-state index contributed by atoms with van der Waals surface area (Å²) in [6, 6.07) is 4.96. The van der Waals surface area contributed by atoms with Crippen LogP contribution in [0.15, 0.2) is 22.7 Å². The molecule has 1 N–H and O–H groups in total. The van der Waals surface area contributed by atoms with Crippen molar-refractivity contribution < 1.29 is 4.39 Å². The second-order valence-electron chi connectivity index (χ2n) is 4.10. The Balaban J connectivity index is 2.17. The Hall–Kier alpha value is -1.01. The summed E-state index contributed by atoms with van der Waals surface area (Å²) in [6.07, 6.45) is 2.25. The van der Waals surface area contributed by atoms with Gasteiger partial charge in [0, 0.05) is 5.92 Å². The van der Waals surface area contributed by atoms with E-state index in [-0.39, 0.29) is 5.82 Å². The zero-order chi connectivity index (χ0) is 12.0. The number of hydrogen-bond acceptors (Lipinski definition) is 2. The highest BCUT2D eigenvalue weighted by Gasteiger charge is 2.29. The van der Waals surface area contributed by atoms with Crippen LogP contribution in [-0.4, -0.2) is 14.8 Å². The van der Waals surface area contributed by atoms with Crippen LogP contribution in [0.25, 0.3) is 5.69 Å². The van der Waals surface area contributed by atoms with Crippen molar-refractivity contribution in [3.8, 4) is 5.69 Å². The predicted octanol–water partition coefficient (Wildman–Crippen LogP) is 3.71. The van der Waals surface area contributed by atoms with Crippen LogP contribution in [0.4, 0.5) is 4.39 Å². The maximum absolute atomic E-state index is 13.5. The average Bonchev–Trinajstić information content (AvgIpc) is 3.07. The van der Waals surface area contributed by atoms with Gasteiger partial charge in [-0.2, -0.15) is 5.10 Å². The van der Waals surface area contributed by atoms with E-state index in [1.165, 1.54) is 6.07 Å². The third-order valence-electron chi connectivity index (χ3n) is 2.80. The monoisotopic (exact) mass is 313 g/mol. The van der Waals surface area contributed by atoms with Crippen molar-refractivity contribution >= 4 is 28.1 Å². The predicted molar refractivity (Wildman–Crippen MR) is 68.4 cm³/mol. The fourth-order valence-corrected chi connectivity index (χ4v) is 2.29. The number of nitrogens with one attached hydrogen (secondary N) is 1. The van der Waals surface area contributed by atoms with E-state index in [0.29, 0.717) is 20.8 Å². The van der Waals surface area contributed by atoms with Crippen molar-refractivity contribution in [1.82, 2.24) is 14.8 Å². The Morgan fingerprint density at radius 2 is 2.24 bits per heavy atom. The number of nitrogens with zero attached hydrogens (tertiary/aromatic N) is 2. The summed E-state index contributed by atoms with van der Waals surface area (Å²) in [5.41, 5.74) is 0.714. The summed E-state index contributed by atoms with van der Waals surface area (Å²) in [6.45, 7) is 0. The number of H-pyrrole nitrogens is 1. The minimum absolute atomic E-state index is 0.299. The first kappa shape index (κ1) is 11.1. The van der Waals surface area contributed by atoms with Crippen LogP contribution >= 0.6 is 28.1 Å². The molecule has 3 rings (SSSR count). The normalized spacial score (nSPS) is 15.2. The first-order chi connectivity index (χ1) is 8.16. The van der Waals surface area contributed by atoms with Crippen LogP contribution in [-0.2, 0) is 0 Å². The van der Waals surface area contributed by atoms with E-state index in [9.17, 15) is 4.39 Å². The van der Waals surface area contributed by atoms with E-state index >= 15 is 0 Å². The zero-order valence-electron chi connectivity index (χ0n) is 8.78. The molecule has 0 radical (unpaired) electrons. The Morgan fingerprint density at radius 3 is 2.88 bits per heavy atom. The van der Waals surface area contributed by atoms with Gasteiger partial charge in [0.2, 0.25) is 0 Å². The maximum Gasteiger partial charge on any atom is 0.199 e. The summed E-state index contributed by atoms with van der Waals surface area (Å²) in [4.78, 5) is 0. The van der Waals surface area contributed by atoms with Crippen molar-refractivity contribution in [3.63, 3.8) is 0 Å². The van der Waals surface area contributed by atoms with Gasteiger partial charge in [-0.3, -0.25) is 9.67 Å². The van der Waals surface area contributed by atoms with E-state index < -0.39 is 0 Å². The van der Waals surface area contributed by atoms with E-state index in [1.54, 1.807) is 6.07 Å². The van der Waals surface area contributed by atoms with Crippen molar-refractivity contribution in [3.05, 3.63) is 39.1 Å². The molecular weight excluding hydrogens is 305 g/mol. The van der Waals surface area contributed by atoms with E-state index in [4.69, 9.17) is 12.2 Å². The van der Waals surface area contributed by atoms with Gasteiger partial charge in [0.1, 0.15) is 11.6 Å². The highest BCUT2D eigenvalue weighted by Crippen LogP contribution is 2.39. The molecule has 0 saturated heterocycles. The lowest BCUT2D eigenvalue weighted by Crippen LogP contribution is -2.00. The Kier molecular flexibility index (Phi) is 2.63. The highest BCUT2D eigenvalue weighted by molar-refractivity contribution is 9.10. The maximum atomic E-state index is 13.5. The lowest BCUT2D eigenvalue weighted by Gasteiger charge is -2.06. The summed E-state index contributed by atoms with van der Waals surface area (Å²) in [7, 11) is 0. The highest BCUT2D eigenvalue weighted by atomic mass is 79.9. The minimum atomic E-state index is -0.299. The molecule has 1 fully saturated rings. The molecule has 1 aliphatic carbocycles. The van der Waals surface area contributed by atoms with Crippen LogP contribution in [0.3, 0.4) is 0 Å². The van der Waals surface area contributed by atoms with Gasteiger partial charge in [-0.25, -0.2) is 4.39 Å². The van der Waals surface area contributed by atoms with Gasteiger partial charge in [-0.15, -0.1) is 0 Å². The second-order valence-corrected chi connectivity index (χ2v) is 5.34. The molecule has 6 heteroatoms. The molecule has 0 atom stereocenters. The quantitative estimate of drug-likeness (QED) is 0.857. The standard InChI is InChI=1S/C11H9BrFN3S/c12-8-4-3-7(5-9(8)13)16-10(6-1-2-6)14-15-11(16)17/h3-6H,1-2H2,(H,15,17). The van der Waals surface area contributed by atoms with Gasteiger partial charge in [0.05, 0.1) is 10.2 Å². The van der Waals surface area contributed by atoms with Gasteiger partial charge in [-0.1, -0.05) is 0 Å². The van der Waals surface area contributed by atoms with Crippen LogP contribution in [0.1, 0.15) is 24.6 Å². The number of rotatable bonds is 2. The molecule has 88 valence electrons. The first-order valence-electron chi connectivity index (χ1n) is 5.29. The summed E-state index contributed by atoms with van der Waals surface area (Å²) in [5, 5.41) is 6.99. The fraction of sp³-hybridized carbons (Fsp3) is 0.273. The van der Waals surface area contributed by atoms with Crippen molar-refractivity contribution in [1.29, 1.82) is 0 Å². The Labute approximate surface area is 111 Å². The SMILES string of the molecule is Fc1cc(-n2c(C3CC3)n[nH]c2=S)ccc1Br. The van der Waals surface area contributed by atoms with Gasteiger partial charge in [0.25, 0.3) is 0 Å². The summed E-state index contributed by atoms with van der Waals surface area (Å²) < 4.78 is 16.3. The average molecular weight is 314 g/mol. The molecule has 1 aliphatic rings. The van der Waals surface area contributed by atoms with Gasteiger partial charge < -0.3 is 0 Å². The third kappa shape index (κ3) is 1.95. The largest absolute Gasteiger partial charge is 0.272 e. The van der Waals surface area contributed by atoms with Gasteiger partial charge >= 0.3 is 0 Å². The molecule has 0 bridgehead atoms. The molecule has 0 unspecified atom stereocenters. The van der Waals surface area contributed by atoms with Gasteiger partial charge in [-0.05, 0) is 59.2 Å². The van der Waals surface area contributed by atoms with Crippen molar-refractivity contribution in [2.75, 3.05) is 0 Å². The topological polar surface area (TPSA) is 33.6 Å². The summed E-state index contributed by atoms with van der Waals surface area (Å²) in [5.74, 6) is 1.05. The number of hydrogen-bond donors (Lipinski definition) is 1. The molecule has 0 aliphatic heterocycles. The molecule has 1 heterocycles. The Bertz CT molecular complexity index is 630. The van der Waals surface area contributed by atoms with E-state index in [0.717, 1.165) is 18.7 Å². The first-order valence-corrected chi connectivity index (χ1v) is 6.49. The van der Waals surface area contributed by atoms with E-state index in [1.807, 2.05) is 10.6 Å². The molecule has 3 nitrogen and oxygen atoms in total. The molecular formula is C11H9BrFN3S. The second kappa shape index (κ2) is 4.03. The van der Waals surface area contributed by atoms with Gasteiger partial charge in [0.15, 0.2) is 4.77 Å². The van der Waals surface area contributed by atoms with Crippen LogP contribution < -0.4 is 0 Å². The number of benzene rings is 1. The molecule has 1 saturated carbocycles. The molecule has 0 amide bonds. The third-order valence-corrected chi connectivity index (χ3v) is 3.72.